The maximum atomic E-state index is 13.5. The smallest absolute Gasteiger partial charge is 0.326 e. The van der Waals surface area contributed by atoms with Crippen molar-refractivity contribution >= 4 is 21.7 Å². The monoisotopic (exact) mass is 624 g/mol. The van der Waals surface area contributed by atoms with Crippen LogP contribution in [0.25, 0.3) is 11.1 Å². The highest BCUT2D eigenvalue weighted by Gasteiger charge is 2.25. The molecule has 2 atom stereocenters. The Labute approximate surface area is 265 Å². The molecule has 0 heterocycles. The molecule has 1 aliphatic carbocycles. The summed E-state index contributed by atoms with van der Waals surface area (Å²) in [5, 5.41) is 12.3. The van der Waals surface area contributed by atoms with Gasteiger partial charge < -0.3 is 10.4 Å². The van der Waals surface area contributed by atoms with E-state index in [0.29, 0.717) is 11.6 Å². The molecule has 2 aromatic carbocycles. The van der Waals surface area contributed by atoms with Gasteiger partial charge in [-0.05, 0) is 100 Å². The zero-order valence-electron chi connectivity index (χ0n) is 27.3. The summed E-state index contributed by atoms with van der Waals surface area (Å²) in [5.74, 6) is -1.33. The van der Waals surface area contributed by atoms with E-state index in [1.54, 1.807) is 6.07 Å². The predicted molar refractivity (Wildman–Crippen MR) is 180 cm³/mol. The molecule has 44 heavy (non-hydrogen) atoms. The fraction of sp³-hybridized carbons (Fsp3) is 0.556. The first-order chi connectivity index (χ1) is 20.8. The summed E-state index contributed by atoms with van der Waals surface area (Å²) >= 11 is 0. The lowest BCUT2D eigenvalue weighted by molar-refractivity contribution is -0.139. The van der Waals surface area contributed by atoms with E-state index in [-0.39, 0.29) is 12.2 Å². The summed E-state index contributed by atoms with van der Waals surface area (Å²) < 4.78 is 23.3. The SMILES string of the molecule is CC(C)=CCCC[C@@H](CC1CCCCC1)N(C)Cc1ccc(C(=O)N[C@@H](CCS(C)(=O)=O)C(=O)O)c(-c2ccccc2C)c1. The van der Waals surface area contributed by atoms with Crippen LogP contribution in [-0.2, 0) is 21.2 Å². The van der Waals surface area contributed by atoms with Crippen LogP contribution in [0.3, 0.4) is 0 Å². The fourth-order valence-corrected chi connectivity index (χ4v) is 6.96. The molecule has 1 saturated carbocycles. The van der Waals surface area contributed by atoms with E-state index in [9.17, 15) is 23.1 Å². The van der Waals surface area contributed by atoms with Crippen molar-refractivity contribution in [2.75, 3.05) is 19.1 Å². The summed E-state index contributed by atoms with van der Waals surface area (Å²) in [5.41, 5.74) is 5.48. The van der Waals surface area contributed by atoms with Crippen LogP contribution < -0.4 is 5.32 Å². The molecule has 1 fully saturated rings. The Kier molecular flexibility index (Phi) is 13.7. The fourth-order valence-electron chi connectivity index (χ4n) is 6.30. The third-order valence-corrected chi connectivity index (χ3v) is 9.80. The Morgan fingerprint density at radius 2 is 1.75 bits per heavy atom. The standard InChI is InChI=1S/C36H52N2O5S/c1-26(2)13-9-11-17-30(23-28-15-7-6-8-16-28)38(4)25-29-19-20-32(33(24-29)31-18-12-10-14-27(31)3)35(39)37-34(36(40)41)21-22-44(5,42)43/h10,12-14,18-20,24,28,30,34H,6-9,11,15-17,21-23,25H2,1-5H3,(H,37,39)(H,40,41)/t30-,34-/m0/s1. The number of carboxylic acids is 1. The third-order valence-electron chi connectivity index (χ3n) is 8.82. The zero-order chi connectivity index (χ0) is 32.3. The lowest BCUT2D eigenvalue weighted by atomic mass is 9.83. The molecule has 0 aliphatic heterocycles. The molecular weight excluding hydrogens is 572 g/mol. The zero-order valence-corrected chi connectivity index (χ0v) is 28.1. The van der Waals surface area contributed by atoms with Gasteiger partial charge in [0, 0.05) is 24.4 Å². The molecule has 7 nitrogen and oxygen atoms in total. The van der Waals surface area contributed by atoms with Gasteiger partial charge in [-0.3, -0.25) is 9.69 Å². The largest absolute Gasteiger partial charge is 0.480 e. The molecule has 1 aliphatic rings. The van der Waals surface area contributed by atoms with E-state index in [0.717, 1.165) is 60.2 Å². The van der Waals surface area contributed by atoms with Crippen molar-refractivity contribution in [1.82, 2.24) is 10.2 Å². The maximum absolute atomic E-state index is 13.5. The summed E-state index contributed by atoms with van der Waals surface area (Å²) in [6, 6.07) is 12.8. The molecule has 1 amide bonds. The Hall–Kier alpha value is -2.97. The van der Waals surface area contributed by atoms with Crippen molar-refractivity contribution < 1.29 is 23.1 Å². The number of amides is 1. The minimum Gasteiger partial charge on any atom is -0.480 e. The van der Waals surface area contributed by atoms with Crippen LogP contribution >= 0.6 is 0 Å². The summed E-state index contributed by atoms with van der Waals surface area (Å²) in [6.07, 6.45) is 14.5. The number of aliphatic carboxylic acids is 1. The van der Waals surface area contributed by atoms with Crippen molar-refractivity contribution in [1.29, 1.82) is 0 Å². The molecular formula is C36H52N2O5S. The summed E-state index contributed by atoms with van der Waals surface area (Å²) in [6.45, 7) is 7.04. The Morgan fingerprint density at radius 1 is 1.05 bits per heavy atom. The van der Waals surface area contributed by atoms with Crippen molar-refractivity contribution in [3.8, 4) is 11.1 Å². The first kappa shape index (κ1) is 35.5. The molecule has 0 aromatic heterocycles. The van der Waals surface area contributed by atoms with Crippen LogP contribution in [0.4, 0.5) is 0 Å². The minimum atomic E-state index is -3.38. The number of nitrogens with one attached hydrogen (secondary N) is 1. The predicted octanol–water partition coefficient (Wildman–Crippen LogP) is 7.19. The van der Waals surface area contributed by atoms with Gasteiger partial charge in [0.1, 0.15) is 15.9 Å². The van der Waals surface area contributed by atoms with Crippen molar-refractivity contribution in [3.63, 3.8) is 0 Å². The summed E-state index contributed by atoms with van der Waals surface area (Å²) in [7, 11) is -1.17. The van der Waals surface area contributed by atoms with Crippen LogP contribution in [0.15, 0.2) is 54.1 Å². The number of unbranched alkanes of at least 4 members (excludes halogenated alkanes) is 1. The number of carbonyl (C=O) groups excluding carboxylic acids is 1. The van der Waals surface area contributed by atoms with E-state index < -0.39 is 27.8 Å². The van der Waals surface area contributed by atoms with Gasteiger partial charge in [-0.2, -0.15) is 0 Å². The van der Waals surface area contributed by atoms with Crippen LogP contribution in [0.5, 0.6) is 0 Å². The first-order valence-electron chi connectivity index (χ1n) is 16.1. The average Bonchev–Trinajstić information content (AvgIpc) is 2.96. The number of rotatable bonds is 16. The molecule has 3 rings (SSSR count). The number of sulfone groups is 1. The number of hydrogen-bond acceptors (Lipinski definition) is 5. The number of hydrogen-bond donors (Lipinski definition) is 2. The van der Waals surface area contributed by atoms with E-state index in [2.05, 4.69) is 43.3 Å². The molecule has 0 saturated heterocycles. The van der Waals surface area contributed by atoms with Crippen LogP contribution in [-0.4, -0.2) is 61.4 Å². The van der Waals surface area contributed by atoms with Gasteiger partial charge in [-0.15, -0.1) is 0 Å². The average molecular weight is 625 g/mol. The van der Waals surface area contributed by atoms with Gasteiger partial charge in [0.05, 0.1) is 5.75 Å². The minimum absolute atomic E-state index is 0.196. The topological polar surface area (TPSA) is 104 Å². The van der Waals surface area contributed by atoms with Crippen LogP contribution in [0.2, 0.25) is 0 Å². The molecule has 0 unspecified atom stereocenters. The molecule has 2 aromatic rings. The van der Waals surface area contributed by atoms with Gasteiger partial charge in [-0.25, -0.2) is 13.2 Å². The lowest BCUT2D eigenvalue weighted by Crippen LogP contribution is -2.42. The number of carboxylic acid groups (broad SMARTS) is 1. The van der Waals surface area contributed by atoms with E-state index in [4.69, 9.17) is 0 Å². The normalized spacial score (nSPS) is 15.5. The van der Waals surface area contributed by atoms with Gasteiger partial charge >= 0.3 is 5.97 Å². The van der Waals surface area contributed by atoms with E-state index in [1.807, 2.05) is 37.3 Å². The quantitative estimate of drug-likeness (QED) is 0.151. The number of nitrogens with zero attached hydrogens (tertiary/aromatic N) is 1. The molecule has 8 heteroatoms. The second-order valence-electron chi connectivity index (χ2n) is 13.0. The van der Waals surface area contributed by atoms with Gasteiger partial charge in [-0.1, -0.05) is 74.1 Å². The van der Waals surface area contributed by atoms with Crippen molar-refractivity contribution in [2.45, 2.75) is 104 Å². The summed E-state index contributed by atoms with van der Waals surface area (Å²) in [4.78, 5) is 27.9. The Morgan fingerprint density at radius 3 is 2.39 bits per heavy atom. The van der Waals surface area contributed by atoms with E-state index >= 15 is 0 Å². The van der Waals surface area contributed by atoms with Gasteiger partial charge in [0.2, 0.25) is 0 Å². The number of benzene rings is 2. The highest BCUT2D eigenvalue weighted by atomic mass is 32.2. The number of carbonyl (C=O) groups is 2. The molecule has 242 valence electrons. The van der Waals surface area contributed by atoms with Gasteiger partial charge in [0.15, 0.2) is 0 Å². The lowest BCUT2D eigenvalue weighted by Gasteiger charge is -2.33. The number of allylic oxidation sites excluding steroid dienone is 2. The Balaban J connectivity index is 1.87. The highest BCUT2D eigenvalue weighted by molar-refractivity contribution is 7.90. The van der Waals surface area contributed by atoms with Gasteiger partial charge in [0.25, 0.3) is 5.91 Å². The second kappa shape index (κ2) is 16.9. The van der Waals surface area contributed by atoms with Crippen molar-refractivity contribution in [3.05, 3.63) is 70.8 Å². The first-order valence-corrected chi connectivity index (χ1v) is 18.1. The number of aryl methyl sites for hydroxylation is 1. The van der Waals surface area contributed by atoms with E-state index in [1.165, 1.54) is 44.1 Å². The maximum Gasteiger partial charge on any atom is 0.326 e. The molecule has 0 radical (unpaired) electrons. The third kappa shape index (κ3) is 11.5. The molecule has 2 N–H and O–H groups in total. The highest BCUT2D eigenvalue weighted by Crippen LogP contribution is 2.32. The molecule has 0 bridgehead atoms. The Bertz CT molecular complexity index is 1390. The second-order valence-corrected chi connectivity index (χ2v) is 15.3. The van der Waals surface area contributed by atoms with Crippen LogP contribution in [0.1, 0.15) is 99.5 Å². The van der Waals surface area contributed by atoms with Crippen molar-refractivity contribution in [2.24, 2.45) is 5.92 Å². The molecule has 0 spiro atoms. The van der Waals surface area contributed by atoms with Crippen LogP contribution in [0, 0.1) is 12.8 Å².